The maximum atomic E-state index is 12.8. The maximum Gasteiger partial charge on any atom is 0.306 e. The summed E-state index contributed by atoms with van der Waals surface area (Å²) < 4.78 is 17.4. The zero-order chi connectivity index (χ0) is 44.9. The van der Waals surface area contributed by atoms with Gasteiger partial charge in [-0.05, 0) is 109 Å². The van der Waals surface area contributed by atoms with E-state index in [1.165, 1.54) is 103 Å². The monoisotopic (exact) mass is 863 g/mol. The number of carbonyl (C=O) groups excluding carboxylic acids is 2. The second kappa shape index (κ2) is 52.4. The van der Waals surface area contributed by atoms with Gasteiger partial charge in [0.1, 0.15) is 6.61 Å². The van der Waals surface area contributed by atoms with Gasteiger partial charge in [-0.3, -0.25) is 9.59 Å². The summed E-state index contributed by atoms with van der Waals surface area (Å²) >= 11 is 0. The van der Waals surface area contributed by atoms with Gasteiger partial charge in [0.15, 0.2) is 6.10 Å². The molecule has 1 unspecified atom stereocenters. The maximum absolute atomic E-state index is 12.8. The van der Waals surface area contributed by atoms with Gasteiger partial charge < -0.3 is 14.2 Å². The Labute approximate surface area is 384 Å². The summed E-state index contributed by atoms with van der Waals surface area (Å²) in [4.78, 5) is 25.4. The van der Waals surface area contributed by atoms with Crippen LogP contribution in [0.3, 0.4) is 0 Å². The van der Waals surface area contributed by atoms with Crippen LogP contribution in [0.4, 0.5) is 0 Å². The lowest BCUT2D eigenvalue weighted by Gasteiger charge is -2.18. The van der Waals surface area contributed by atoms with Crippen molar-refractivity contribution in [1.82, 2.24) is 0 Å². The first-order valence-electron chi connectivity index (χ1n) is 26.1. The summed E-state index contributed by atoms with van der Waals surface area (Å²) in [6.07, 6.45) is 68.8. The van der Waals surface area contributed by atoms with Crippen LogP contribution in [0.2, 0.25) is 0 Å². The van der Waals surface area contributed by atoms with Crippen LogP contribution in [-0.2, 0) is 23.8 Å². The van der Waals surface area contributed by atoms with Gasteiger partial charge in [0, 0.05) is 19.4 Å². The molecule has 0 amide bonds. The summed E-state index contributed by atoms with van der Waals surface area (Å²) in [5.74, 6) is -0.431. The minimum atomic E-state index is -0.560. The van der Waals surface area contributed by atoms with E-state index >= 15 is 0 Å². The van der Waals surface area contributed by atoms with Crippen molar-refractivity contribution in [3.05, 3.63) is 85.1 Å². The average molecular weight is 863 g/mol. The molecule has 0 aromatic rings. The Bertz CT molecular complexity index is 1160. The molecular weight excluding hydrogens is 765 g/mol. The van der Waals surface area contributed by atoms with Gasteiger partial charge in [-0.25, -0.2) is 0 Å². The van der Waals surface area contributed by atoms with Crippen LogP contribution >= 0.6 is 0 Å². The Morgan fingerprint density at radius 1 is 0.371 bits per heavy atom. The fourth-order valence-electron chi connectivity index (χ4n) is 7.00. The second-order valence-electron chi connectivity index (χ2n) is 17.0. The zero-order valence-electron chi connectivity index (χ0n) is 40.9. The van der Waals surface area contributed by atoms with E-state index in [0.717, 1.165) is 103 Å². The molecule has 0 radical (unpaired) electrons. The summed E-state index contributed by atoms with van der Waals surface area (Å²) in [5.41, 5.74) is 0. The smallest absolute Gasteiger partial charge is 0.306 e. The molecule has 356 valence electrons. The molecule has 0 fully saturated rings. The third-order valence-corrected chi connectivity index (χ3v) is 10.9. The van der Waals surface area contributed by atoms with Gasteiger partial charge in [-0.15, -0.1) is 0 Å². The van der Waals surface area contributed by atoms with Crippen molar-refractivity contribution >= 4 is 11.9 Å². The second-order valence-corrected chi connectivity index (χ2v) is 17.0. The first kappa shape index (κ1) is 59.1. The van der Waals surface area contributed by atoms with Crippen molar-refractivity contribution in [2.24, 2.45) is 0 Å². The van der Waals surface area contributed by atoms with Gasteiger partial charge in [0.2, 0.25) is 0 Å². The van der Waals surface area contributed by atoms with Crippen molar-refractivity contribution in [2.45, 2.75) is 245 Å². The summed E-state index contributed by atoms with van der Waals surface area (Å²) in [6.45, 7) is 7.57. The van der Waals surface area contributed by atoms with Crippen molar-refractivity contribution in [3.8, 4) is 0 Å². The van der Waals surface area contributed by atoms with Gasteiger partial charge in [0.25, 0.3) is 0 Å². The van der Waals surface area contributed by atoms with Crippen molar-refractivity contribution in [3.63, 3.8) is 0 Å². The van der Waals surface area contributed by atoms with Gasteiger partial charge in [-0.2, -0.15) is 0 Å². The number of esters is 2. The van der Waals surface area contributed by atoms with E-state index in [2.05, 4.69) is 106 Å². The van der Waals surface area contributed by atoms with E-state index in [0.29, 0.717) is 19.4 Å². The van der Waals surface area contributed by atoms with Crippen LogP contribution in [-0.4, -0.2) is 37.9 Å². The molecule has 0 bridgehead atoms. The first-order chi connectivity index (χ1) is 30.6. The fourth-order valence-corrected chi connectivity index (χ4v) is 7.00. The Balaban J connectivity index is 4.29. The van der Waals surface area contributed by atoms with Gasteiger partial charge >= 0.3 is 11.9 Å². The largest absolute Gasteiger partial charge is 0.462 e. The van der Waals surface area contributed by atoms with E-state index in [9.17, 15) is 9.59 Å². The third kappa shape index (κ3) is 49.7. The predicted molar refractivity (Wildman–Crippen MR) is 270 cm³/mol. The molecule has 0 rings (SSSR count). The quantitative estimate of drug-likeness (QED) is 0.0346. The van der Waals surface area contributed by atoms with Crippen LogP contribution in [0.5, 0.6) is 0 Å². The lowest BCUT2D eigenvalue weighted by atomic mass is 10.1. The minimum Gasteiger partial charge on any atom is -0.462 e. The molecule has 0 aliphatic heterocycles. The lowest BCUT2D eigenvalue weighted by Crippen LogP contribution is -2.30. The van der Waals surface area contributed by atoms with Crippen LogP contribution < -0.4 is 0 Å². The number of allylic oxidation sites excluding steroid dienone is 14. The molecule has 0 saturated heterocycles. The molecule has 1 atom stereocenters. The van der Waals surface area contributed by atoms with E-state index in [1.807, 2.05) is 0 Å². The van der Waals surface area contributed by atoms with E-state index in [-0.39, 0.29) is 25.2 Å². The summed E-state index contributed by atoms with van der Waals surface area (Å²) in [5, 5.41) is 0. The van der Waals surface area contributed by atoms with Gasteiger partial charge in [-0.1, -0.05) is 202 Å². The van der Waals surface area contributed by atoms with E-state index < -0.39 is 6.10 Å². The zero-order valence-corrected chi connectivity index (χ0v) is 40.9. The molecule has 5 heteroatoms. The predicted octanol–water partition coefficient (Wildman–Crippen LogP) is 17.7. The molecule has 5 nitrogen and oxygen atoms in total. The van der Waals surface area contributed by atoms with Gasteiger partial charge in [0.05, 0.1) is 6.61 Å². The molecular formula is C57H98O5. The highest BCUT2D eigenvalue weighted by Crippen LogP contribution is 2.14. The molecule has 0 aromatic carbocycles. The Morgan fingerprint density at radius 3 is 1.23 bits per heavy atom. The number of unbranched alkanes of at least 4 members (excludes halogenated alkanes) is 22. The molecule has 0 aromatic heterocycles. The molecule has 0 spiro atoms. The molecule has 0 heterocycles. The third-order valence-electron chi connectivity index (χ3n) is 10.9. The summed E-state index contributed by atoms with van der Waals surface area (Å²) in [7, 11) is 0. The lowest BCUT2D eigenvalue weighted by molar-refractivity contribution is -0.163. The van der Waals surface area contributed by atoms with Crippen molar-refractivity contribution in [2.75, 3.05) is 19.8 Å². The molecule has 0 aliphatic carbocycles. The highest BCUT2D eigenvalue weighted by atomic mass is 16.6. The van der Waals surface area contributed by atoms with E-state index in [1.54, 1.807) is 0 Å². The summed E-state index contributed by atoms with van der Waals surface area (Å²) in [6, 6.07) is 0. The first-order valence-corrected chi connectivity index (χ1v) is 26.1. The number of ether oxygens (including phenoxy) is 3. The fraction of sp³-hybridized carbons (Fsp3) is 0.719. The SMILES string of the molecule is CC/C=C\C/C=C\C/C=C\CCCCCCOCC(COC(=O)CCCCCCCCCCC/C=C\C/C=C\CCCCC)OC(=O)CCCCCCC/C=C\C/C=C\CCC. The van der Waals surface area contributed by atoms with Crippen LogP contribution in [0.1, 0.15) is 239 Å². The molecule has 0 N–H and O–H groups in total. The number of rotatable bonds is 47. The molecule has 62 heavy (non-hydrogen) atoms. The minimum absolute atomic E-state index is 0.0649. The standard InChI is InChI=1S/C57H98O5/c1-4-7-10-13-16-19-22-25-27-28-29-30-31-33-35-38-41-44-47-50-56(58)61-54-55(53-60-52-49-46-43-40-37-34-26-23-20-17-14-11-8-5-2)62-57(59)51-48-45-42-39-36-32-24-21-18-15-12-9-6-3/h8,11-12,15-17,19-21,24-27,34,55H,4-7,9-10,13-14,18,22-23,28-33,35-54H2,1-3H3/b11-8-,15-12-,19-16-,20-17-,24-21-,27-25-,34-26-. The van der Waals surface area contributed by atoms with Crippen molar-refractivity contribution in [1.29, 1.82) is 0 Å². The average Bonchev–Trinajstić information content (AvgIpc) is 3.27. The molecule has 0 saturated carbocycles. The Morgan fingerprint density at radius 2 is 0.758 bits per heavy atom. The highest BCUT2D eigenvalue weighted by Gasteiger charge is 2.17. The number of carbonyl (C=O) groups is 2. The Kier molecular flexibility index (Phi) is 50.0. The topological polar surface area (TPSA) is 61.8 Å². The normalized spacial score (nSPS) is 12.9. The van der Waals surface area contributed by atoms with Crippen LogP contribution in [0, 0.1) is 0 Å². The van der Waals surface area contributed by atoms with Crippen LogP contribution in [0.25, 0.3) is 0 Å². The number of hydrogen-bond donors (Lipinski definition) is 0. The highest BCUT2D eigenvalue weighted by molar-refractivity contribution is 5.70. The van der Waals surface area contributed by atoms with Crippen molar-refractivity contribution < 1.29 is 23.8 Å². The van der Waals surface area contributed by atoms with E-state index in [4.69, 9.17) is 14.2 Å². The Hall–Kier alpha value is -2.92. The number of hydrogen-bond acceptors (Lipinski definition) is 5. The van der Waals surface area contributed by atoms with Crippen LogP contribution in [0.15, 0.2) is 85.1 Å². The molecule has 0 aliphatic rings.